The lowest BCUT2D eigenvalue weighted by Crippen LogP contribution is -2.33. The topological polar surface area (TPSA) is 54.2 Å². The number of rotatable bonds is 4. The summed E-state index contributed by atoms with van der Waals surface area (Å²) in [6, 6.07) is 5.21. The quantitative estimate of drug-likeness (QED) is 0.849. The van der Waals surface area contributed by atoms with Crippen LogP contribution in [0.1, 0.15) is 19.8 Å². The number of fused-ring (bicyclic) bond motifs is 1. The molecule has 4 nitrogen and oxygen atoms in total. The zero-order valence-electron chi connectivity index (χ0n) is 12.3. The number of aromatic nitrogens is 1. The Kier molecular flexibility index (Phi) is 3.92. The molecule has 0 saturated carbocycles. The van der Waals surface area contributed by atoms with Gasteiger partial charge in [0.2, 0.25) is 0 Å². The molecule has 1 fully saturated rings. The Morgan fingerprint density at radius 1 is 1.43 bits per heavy atom. The molecule has 1 aromatic heterocycles. The van der Waals surface area contributed by atoms with Gasteiger partial charge in [0.05, 0.1) is 11.2 Å². The maximum absolute atomic E-state index is 14.3. The number of anilines is 2. The summed E-state index contributed by atoms with van der Waals surface area (Å²) in [5.74, 6) is -0.341. The first-order valence-corrected chi connectivity index (χ1v) is 7.47. The second kappa shape index (κ2) is 5.85. The molecular formula is C16H21FN4. The van der Waals surface area contributed by atoms with Crippen molar-refractivity contribution in [3.63, 3.8) is 0 Å². The Labute approximate surface area is 124 Å². The summed E-state index contributed by atoms with van der Waals surface area (Å²) in [7, 11) is 0. The summed E-state index contributed by atoms with van der Waals surface area (Å²) >= 11 is 0. The van der Waals surface area contributed by atoms with Gasteiger partial charge in [-0.3, -0.25) is 4.98 Å². The largest absolute Gasteiger partial charge is 0.398 e. The minimum atomic E-state index is -0.341. The van der Waals surface area contributed by atoms with E-state index in [4.69, 9.17) is 5.73 Å². The van der Waals surface area contributed by atoms with Crippen molar-refractivity contribution in [1.82, 2.24) is 9.88 Å². The van der Waals surface area contributed by atoms with Crippen molar-refractivity contribution in [3.8, 4) is 0 Å². The molecule has 1 aromatic carbocycles. The molecule has 0 aliphatic carbocycles. The third-order valence-corrected chi connectivity index (χ3v) is 4.00. The minimum Gasteiger partial charge on any atom is -0.398 e. The molecule has 0 amide bonds. The van der Waals surface area contributed by atoms with Crippen molar-refractivity contribution in [2.24, 2.45) is 0 Å². The molecule has 3 N–H and O–H groups in total. The number of benzene rings is 1. The monoisotopic (exact) mass is 288 g/mol. The highest BCUT2D eigenvalue weighted by atomic mass is 19.1. The standard InChI is InChI=1S/C16H21FN4/c1-11(10-21-7-2-3-8-21)20-16-13(17)9-14(18)12-5-4-6-19-15(12)16/h4-6,9,11,20H,2-3,7-8,10,18H2,1H3. The first-order valence-electron chi connectivity index (χ1n) is 7.47. The molecule has 0 radical (unpaired) electrons. The predicted octanol–water partition coefficient (Wildman–Crippen LogP) is 2.85. The number of hydrogen-bond donors (Lipinski definition) is 2. The van der Waals surface area contributed by atoms with Crippen LogP contribution in [0, 0.1) is 5.82 Å². The van der Waals surface area contributed by atoms with E-state index >= 15 is 0 Å². The summed E-state index contributed by atoms with van der Waals surface area (Å²) in [5, 5.41) is 4.06. The molecule has 1 aliphatic heterocycles. The van der Waals surface area contributed by atoms with Crippen LogP contribution >= 0.6 is 0 Å². The van der Waals surface area contributed by atoms with Gasteiger partial charge in [0.15, 0.2) is 5.82 Å². The summed E-state index contributed by atoms with van der Waals surface area (Å²) in [5.41, 5.74) is 7.35. The fourth-order valence-corrected chi connectivity index (χ4v) is 3.02. The van der Waals surface area contributed by atoms with Gasteiger partial charge >= 0.3 is 0 Å². The Bertz CT molecular complexity index is 637. The second-order valence-corrected chi connectivity index (χ2v) is 5.78. The van der Waals surface area contributed by atoms with E-state index in [1.807, 2.05) is 12.1 Å². The Balaban J connectivity index is 1.85. The maximum atomic E-state index is 14.3. The smallest absolute Gasteiger partial charge is 0.150 e. The SMILES string of the molecule is CC(CN1CCCC1)Nc1c(F)cc(N)c2cccnc12. The number of likely N-dealkylation sites (tertiary alicyclic amines) is 1. The number of halogens is 1. The molecule has 5 heteroatoms. The van der Waals surface area contributed by atoms with E-state index in [9.17, 15) is 4.39 Å². The molecule has 0 bridgehead atoms. The molecule has 1 aliphatic rings. The molecule has 0 spiro atoms. The van der Waals surface area contributed by atoms with Crippen LogP contribution in [0.3, 0.4) is 0 Å². The molecule has 2 heterocycles. The average Bonchev–Trinajstić information content (AvgIpc) is 2.96. The van der Waals surface area contributed by atoms with Crippen LogP contribution in [-0.2, 0) is 0 Å². The van der Waals surface area contributed by atoms with Crippen LogP contribution in [-0.4, -0.2) is 35.6 Å². The first kappa shape index (κ1) is 14.1. The number of nitrogen functional groups attached to an aromatic ring is 1. The number of nitrogens with zero attached hydrogens (tertiary/aromatic N) is 2. The maximum Gasteiger partial charge on any atom is 0.150 e. The van der Waals surface area contributed by atoms with E-state index in [1.54, 1.807) is 6.20 Å². The van der Waals surface area contributed by atoms with Gasteiger partial charge in [-0.25, -0.2) is 4.39 Å². The molecular weight excluding hydrogens is 267 g/mol. The van der Waals surface area contributed by atoms with E-state index in [-0.39, 0.29) is 11.9 Å². The number of hydrogen-bond acceptors (Lipinski definition) is 4. The predicted molar refractivity (Wildman–Crippen MR) is 84.9 cm³/mol. The van der Waals surface area contributed by atoms with Crippen LogP contribution in [0.4, 0.5) is 15.8 Å². The van der Waals surface area contributed by atoms with Crippen molar-refractivity contribution in [2.45, 2.75) is 25.8 Å². The van der Waals surface area contributed by atoms with E-state index in [1.165, 1.54) is 18.9 Å². The highest BCUT2D eigenvalue weighted by molar-refractivity contribution is 5.98. The van der Waals surface area contributed by atoms with Gasteiger partial charge in [0.25, 0.3) is 0 Å². The lowest BCUT2D eigenvalue weighted by Gasteiger charge is -2.23. The van der Waals surface area contributed by atoms with Crippen molar-refractivity contribution in [2.75, 3.05) is 30.7 Å². The summed E-state index contributed by atoms with van der Waals surface area (Å²) in [6.07, 6.45) is 4.18. The Morgan fingerprint density at radius 2 is 2.19 bits per heavy atom. The lowest BCUT2D eigenvalue weighted by molar-refractivity contribution is 0.327. The van der Waals surface area contributed by atoms with Gasteiger partial charge in [0.1, 0.15) is 0 Å². The Morgan fingerprint density at radius 3 is 2.95 bits per heavy atom. The molecule has 1 saturated heterocycles. The molecule has 112 valence electrons. The summed E-state index contributed by atoms with van der Waals surface area (Å²) in [4.78, 5) is 6.70. The third-order valence-electron chi connectivity index (χ3n) is 4.00. The number of nitrogens with one attached hydrogen (secondary N) is 1. The normalized spacial score (nSPS) is 17.2. The van der Waals surface area contributed by atoms with Gasteiger partial charge in [-0.05, 0) is 51.1 Å². The van der Waals surface area contributed by atoms with Gasteiger partial charge in [-0.1, -0.05) is 0 Å². The van der Waals surface area contributed by atoms with E-state index in [0.29, 0.717) is 16.9 Å². The third kappa shape index (κ3) is 2.93. The van der Waals surface area contributed by atoms with Gasteiger partial charge < -0.3 is 16.0 Å². The molecule has 2 aromatic rings. The zero-order chi connectivity index (χ0) is 14.8. The summed E-state index contributed by atoms with van der Waals surface area (Å²) in [6.45, 7) is 5.26. The fourth-order valence-electron chi connectivity index (χ4n) is 3.02. The van der Waals surface area contributed by atoms with Crippen molar-refractivity contribution in [3.05, 3.63) is 30.2 Å². The van der Waals surface area contributed by atoms with Crippen molar-refractivity contribution >= 4 is 22.3 Å². The molecule has 21 heavy (non-hydrogen) atoms. The molecule has 1 unspecified atom stereocenters. The van der Waals surface area contributed by atoms with Gasteiger partial charge in [-0.15, -0.1) is 0 Å². The fraction of sp³-hybridized carbons (Fsp3) is 0.438. The highest BCUT2D eigenvalue weighted by Crippen LogP contribution is 2.30. The number of nitrogens with two attached hydrogens (primary N) is 1. The average molecular weight is 288 g/mol. The highest BCUT2D eigenvalue weighted by Gasteiger charge is 2.17. The van der Waals surface area contributed by atoms with Crippen LogP contribution in [0.2, 0.25) is 0 Å². The molecule has 3 rings (SSSR count). The van der Waals surface area contributed by atoms with E-state index in [0.717, 1.165) is 25.0 Å². The minimum absolute atomic E-state index is 0.159. The van der Waals surface area contributed by atoms with Gasteiger partial charge in [0, 0.05) is 29.9 Å². The lowest BCUT2D eigenvalue weighted by atomic mass is 10.1. The van der Waals surface area contributed by atoms with Crippen LogP contribution < -0.4 is 11.1 Å². The van der Waals surface area contributed by atoms with E-state index in [2.05, 4.69) is 22.1 Å². The first-order chi connectivity index (χ1) is 10.1. The van der Waals surface area contributed by atoms with Crippen LogP contribution in [0.15, 0.2) is 24.4 Å². The zero-order valence-corrected chi connectivity index (χ0v) is 12.3. The van der Waals surface area contributed by atoms with Crippen LogP contribution in [0.5, 0.6) is 0 Å². The van der Waals surface area contributed by atoms with Crippen LogP contribution in [0.25, 0.3) is 10.9 Å². The molecule has 1 atom stereocenters. The number of pyridine rings is 1. The Hall–Kier alpha value is -1.88. The summed E-state index contributed by atoms with van der Waals surface area (Å²) < 4.78 is 14.3. The second-order valence-electron chi connectivity index (χ2n) is 5.78. The van der Waals surface area contributed by atoms with Gasteiger partial charge in [-0.2, -0.15) is 0 Å². The van der Waals surface area contributed by atoms with Crippen molar-refractivity contribution < 1.29 is 4.39 Å². The van der Waals surface area contributed by atoms with E-state index < -0.39 is 0 Å². The van der Waals surface area contributed by atoms with Crippen molar-refractivity contribution in [1.29, 1.82) is 0 Å².